The molecule has 0 aromatic heterocycles. The standard InChI is InChI=1S/2C27H40N4O4S.C14H21NO5S.C13H21N3/c2*1-19-18-25(35-7)20(2)21(3)27(19)36(33,34)30(6)15-14-26(32)28-22-8-10-24(11-9-22)31-16-12-23(13-17-31)29(4)5;1-9-8-12(20-5)10(2)11(3)14(9)21(18,19)15(4)7-6-13(16)17;1-15(2)12-7-9-16(10-8-12)13-5-3-11(14)4-6-13/h2*8-11,18,23H,12-17H2,1-7H3,(H,28,32);8H,6-7H2,1-5H3,(H,16,17);3-6,12H,7-10,14H2,1-2H3. The summed E-state index contributed by atoms with van der Waals surface area (Å²) in [5.74, 6) is 0.477. The lowest BCUT2D eigenvalue weighted by atomic mass is 10.0. The van der Waals surface area contributed by atoms with E-state index in [1.54, 1.807) is 80.9 Å². The number of amides is 2. The first kappa shape index (κ1) is 89.8. The van der Waals surface area contributed by atoms with Gasteiger partial charge >= 0.3 is 5.97 Å². The first-order valence-electron chi connectivity index (χ1n) is 37.1. The van der Waals surface area contributed by atoms with E-state index in [0.717, 1.165) is 109 Å². The zero-order valence-electron chi connectivity index (χ0n) is 68.3. The number of anilines is 6. The molecule has 3 fully saturated rings. The van der Waals surface area contributed by atoms with Crippen molar-refractivity contribution in [2.45, 2.75) is 153 Å². The highest BCUT2D eigenvalue weighted by Crippen LogP contribution is 2.36. The molecule has 0 aliphatic carbocycles. The van der Waals surface area contributed by atoms with E-state index in [1.165, 1.54) is 55.4 Å². The fourth-order valence-electron chi connectivity index (χ4n) is 14.1. The van der Waals surface area contributed by atoms with E-state index < -0.39 is 36.0 Å². The maximum Gasteiger partial charge on any atom is 0.304 e. The lowest BCUT2D eigenvalue weighted by Crippen LogP contribution is -2.41. The molecule has 28 heteroatoms. The first-order valence-corrected chi connectivity index (χ1v) is 41.5. The second-order valence-corrected chi connectivity index (χ2v) is 35.3. The summed E-state index contributed by atoms with van der Waals surface area (Å²) < 4.78 is 97.9. The quantitative estimate of drug-likeness (QED) is 0.0367. The van der Waals surface area contributed by atoms with E-state index in [-0.39, 0.29) is 65.4 Å². The van der Waals surface area contributed by atoms with Gasteiger partial charge in [0.15, 0.2) is 0 Å². The van der Waals surface area contributed by atoms with E-state index in [0.29, 0.717) is 74.1 Å². The number of nitrogen functional groups attached to an aromatic ring is 1. The number of hydrogen-bond donors (Lipinski definition) is 4. The maximum absolute atomic E-state index is 13.3. The number of hydrogen-bond acceptors (Lipinski definition) is 19. The molecule has 0 radical (unpaired) electrons. The van der Waals surface area contributed by atoms with Gasteiger partial charge in [-0.3, -0.25) is 14.4 Å². The first-order chi connectivity index (χ1) is 51.2. The third-order valence-corrected chi connectivity index (χ3v) is 27.9. The summed E-state index contributed by atoms with van der Waals surface area (Å²) in [6.45, 7) is 22.4. The fourth-order valence-corrected chi connectivity index (χ4v) is 19.0. The molecule has 25 nitrogen and oxygen atoms in total. The van der Waals surface area contributed by atoms with Crippen molar-refractivity contribution in [1.29, 1.82) is 0 Å². The number of carboxylic acid groups (broad SMARTS) is 1. The van der Waals surface area contributed by atoms with Gasteiger partial charge in [-0.15, -0.1) is 0 Å². The van der Waals surface area contributed by atoms with Crippen LogP contribution >= 0.6 is 0 Å². The molecule has 109 heavy (non-hydrogen) atoms. The van der Waals surface area contributed by atoms with Crippen molar-refractivity contribution in [2.24, 2.45) is 0 Å². The Kier molecular flexibility index (Phi) is 33.2. The van der Waals surface area contributed by atoms with Crippen molar-refractivity contribution >= 4 is 82.0 Å². The van der Waals surface area contributed by atoms with Crippen LogP contribution in [-0.2, 0) is 44.5 Å². The number of carboxylic acids is 1. The van der Waals surface area contributed by atoms with Gasteiger partial charge in [0.25, 0.3) is 0 Å². The number of aliphatic carboxylic acids is 1. The van der Waals surface area contributed by atoms with Gasteiger partial charge in [0, 0.05) is 145 Å². The Hall–Kier alpha value is -8.06. The van der Waals surface area contributed by atoms with Gasteiger partial charge < -0.3 is 65.1 Å². The van der Waals surface area contributed by atoms with Crippen LogP contribution in [0.25, 0.3) is 0 Å². The highest BCUT2D eigenvalue weighted by atomic mass is 32.2. The molecule has 0 saturated carbocycles. The fraction of sp³-hybridized carbons (Fsp3) is 0.519. The average Bonchev–Trinajstić information content (AvgIpc) is 0.782. The van der Waals surface area contributed by atoms with Crippen LogP contribution in [0.15, 0.2) is 106 Å². The minimum atomic E-state index is -3.75. The molecule has 9 rings (SSSR count). The Morgan fingerprint density at radius 3 is 0.872 bits per heavy atom. The summed E-state index contributed by atoms with van der Waals surface area (Å²) in [6, 6.07) is 31.1. The van der Waals surface area contributed by atoms with Crippen LogP contribution in [-0.4, -0.2) is 238 Å². The average molecular weight is 1570 g/mol. The van der Waals surface area contributed by atoms with Crippen molar-refractivity contribution in [3.63, 3.8) is 0 Å². The Morgan fingerprint density at radius 1 is 0.404 bits per heavy atom. The smallest absolute Gasteiger partial charge is 0.304 e. The zero-order chi connectivity index (χ0) is 81.2. The monoisotopic (exact) mass is 1570 g/mol. The van der Waals surface area contributed by atoms with E-state index in [4.69, 9.17) is 25.1 Å². The normalized spacial score (nSPS) is 14.8. The molecule has 0 atom stereocenters. The van der Waals surface area contributed by atoms with Gasteiger partial charge in [-0.25, -0.2) is 38.2 Å². The second-order valence-electron chi connectivity index (χ2n) is 29.4. The van der Waals surface area contributed by atoms with Crippen LogP contribution in [0.2, 0.25) is 0 Å². The second kappa shape index (κ2) is 40.2. The molecule has 2 amide bonds. The number of aryl methyl sites for hydroxylation is 3. The molecule has 6 aromatic rings. The predicted octanol–water partition coefficient (Wildman–Crippen LogP) is 11.1. The number of nitrogens with two attached hydrogens (primary N) is 1. The van der Waals surface area contributed by atoms with Crippen molar-refractivity contribution in [1.82, 2.24) is 27.6 Å². The van der Waals surface area contributed by atoms with Gasteiger partial charge in [-0.2, -0.15) is 0 Å². The molecule has 3 aliphatic rings. The summed E-state index contributed by atoms with van der Waals surface area (Å²) in [7, 11) is 10.7. The van der Waals surface area contributed by atoms with Gasteiger partial charge in [-0.05, 0) is 284 Å². The lowest BCUT2D eigenvalue weighted by Gasteiger charge is -2.36. The third kappa shape index (κ3) is 23.7. The zero-order valence-corrected chi connectivity index (χ0v) is 70.7. The molecule has 0 spiro atoms. The minimum Gasteiger partial charge on any atom is -0.496 e. The summed E-state index contributed by atoms with van der Waals surface area (Å²) in [5, 5.41) is 14.5. The molecule has 5 N–H and O–H groups in total. The number of sulfonamides is 3. The van der Waals surface area contributed by atoms with Crippen LogP contribution in [0, 0.1) is 62.3 Å². The van der Waals surface area contributed by atoms with Gasteiger partial charge in [0.05, 0.1) is 42.4 Å². The topological polar surface area (TPSA) is 281 Å². The molecule has 0 unspecified atom stereocenters. The summed E-state index contributed by atoms with van der Waals surface area (Å²) >= 11 is 0. The molecule has 602 valence electrons. The SMILES string of the molecule is CN(C)C1CCN(c2ccc(N)cc2)CC1.COc1cc(C)c(S(=O)(=O)N(C)CCC(=O)Nc2ccc(N3CCC(N(C)C)CC3)cc2)c(C)c1C.COc1cc(C)c(S(=O)(=O)N(C)CCC(=O)Nc2ccc(N3CCC(N(C)C)CC3)cc2)c(C)c1C.COc1cc(C)c(S(=O)(=O)N(C)CCC(=O)O)c(C)c1C. The Morgan fingerprint density at radius 2 is 0.642 bits per heavy atom. The molecule has 3 aliphatic heterocycles. The molecule has 0 bridgehead atoms. The summed E-state index contributed by atoms with van der Waals surface area (Å²) in [6.07, 6.45) is 6.92. The number of nitrogens with zero attached hydrogens (tertiary/aromatic N) is 9. The number of piperidine rings is 3. The Balaban J connectivity index is 0.000000238. The number of methoxy groups -OCH3 is 3. The van der Waals surface area contributed by atoms with Crippen molar-refractivity contribution in [3.05, 3.63) is 141 Å². The largest absolute Gasteiger partial charge is 0.496 e. The van der Waals surface area contributed by atoms with Crippen molar-refractivity contribution in [3.8, 4) is 17.2 Å². The molecular formula is C81H122N12O13S3. The number of rotatable bonds is 26. The lowest BCUT2D eigenvalue weighted by molar-refractivity contribution is -0.137. The van der Waals surface area contributed by atoms with Crippen LogP contribution in [0.4, 0.5) is 34.1 Å². The number of carbonyl (C=O) groups excluding carboxylic acids is 2. The van der Waals surface area contributed by atoms with Crippen LogP contribution in [0.5, 0.6) is 17.2 Å². The van der Waals surface area contributed by atoms with Crippen LogP contribution in [0.1, 0.15) is 108 Å². The van der Waals surface area contributed by atoms with Crippen molar-refractivity contribution in [2.75, 3.05) is 175 Å². The molecular weight excluding hydrogens is 1450 g/mol. The predicted molar refractivity (Wildman–Crippen MR) is 440 cm³/mol. The van der Waals surface area contributed by atoms with E-state index in [9.17, 15) is 39.6 Å². The Labute approximate surface area is 650 Å². The van der Waals surface area contributed by atoms with Gasteiger partial charge in [0.1, 0.15) is 17.2 Å². The van der Waals surface area contributed by atoms with Crippen molar-refractivity contribution < 1.29 is 59.0 Å². The minimum absolute atomic E-state index is 0.0583. The summed E-state index contributed by atoms with van der Waals surface area (Å²) in [4.78, 5) is 50.6. The maximum atomic E-state index is 13.3. The third-order valence-electron chi connectivity index (χ3n) is 21.4. The van der Waals surface area contributed by atoms with Gasteiger partial charge in [0.2, 0.25) is 41.9 Å². The molecule has 3 heterocycles. The number of ether oxygens (including phenoxy) is 3. The highest BCUT2D eigenvalue weighted by molar-refractivity contribution is 7.89. The number of nitrogens with one attached hydrogen (secondary N) is 2. The Bertz CT molecular complexity index is 4200. The summed E-state index contributed by atoms with van der Waals surface area (Å²) in [5.41, 5.74) is 17.6. The molecule has 3 saturated heterocycles. The van der Waals surface area contributed by atoms with E-state index in [1.807, 2.05) is 74.5 Å². The van der Waals surface area contributed by atoms with Gasteiger partial charge in [-0.1, -0.05) is 0 Å². The molecule has 6 aromatic carbocycles. The number of benzene rings is 6. The van der Waals surface area contributed by atoms with Crippen LogP contribution < -0.4 is 45.3 Å². The van der Waals surface area contributed by atoms with E-state index in [2.05, 4.69) is 94.5 Å². The van der Waals surface area contributed by atoms with E-state index >= 15 is 0 Å². The highest BCUT2D eigenvalue weighted by Gasteiger charge is 2.32. The number of carbonyl (C=O) groups is 3. The van der Waals surface area contributed by atoms with Crippen LogP contribution in [0.3, 0.4) is 0 Å².